The number of hydrogen-bond acceptors (Lipinski definition) is 16. The van der Waals surface area contributed by atoms with Crippen LogP contribution < -0.4 is 89.4 Å². The van der Waals surface area contributed by atoms with E-state index in [2.05, 4.69) is 19.9 Å². The monoisotopic (exact) mass is 880 g/mol. The molecule has 0 spiro atoms. The van der Waals surface area contributed by atoms with E-state index in [0.29, 0.717) is 35.4 Å². The number of likely N-dealkylation sites (tertiary alicyclic amines) is 2. The topological polar surface area (TPSA) is 342 Å². The molecule has 2 fully saturated rings. The molecule has 22 nitrogen and oxygen atoms in total. The number of ether oxygens (including phenoxy) is 2. The Morgan fingerprint density at radius 3 is 1.39 bits per heavy atom. The number of rotatable bonds is 12. The molecule has 4 aliphatic heterocycles. The van der Waals surface area contributed by atoms with Crippen molar-refractivity contribution >= 4 is 37.3 Å². The number of H-pyrrole nitrogens is 2. The van der Waals surface area contributed by atoms with Crippen LogP contribution in [0.3, 0.4) is 0 Å². The van der Waals surface area contributed by atoms with Gasteiger partial charge >= 0.3 is 84.6 Å². The average Bonchev–Trinajstić information content (AvgIpc) is 3.87. The van der Waals surface area contributed by atoms with Crippen molar-refractivity contribution in [2.45, 2.75) is 62.6 Å². The van der Waals surface area contributed by atoms with Crippen LogP contribution in [-0.4, -0.2) is 148 Å². The van der Waals surface area contributed by atoms with Gasteiger partial charge in [0, 0.05) is 25.2 Å². The summed E-state index contributed by atoms with van der Waals surface area (Å²) in [5.74, 6) is -3.17. The van der Waals surface area contributed by atoms with E-state index >= 15 is 0 Å². The summed E-state index contributed by atoms with van der Waals surface area (Å²) in [4.78, 5) is 65.2. The number of carboxylic acid groups (broad SMARTS) is 2. The number of aromatic amines is 2. The second-order valence-electron chi connectivity index (χ2n) is 15.2. The third-order valence-electron chi connectivity index (χ3n) is 10.5. The first-order valence-electron chi connectivity index (χ1n) is 19.2. The molecule has 2 aromatic carbocycles. The molecule has 2 saturated heterocycles. The smallest absolute Gasteiger partial charge is 0.669 e. The summed E-state index contributed by atoms with van der Waals surface area (Å²) in [6.07, 6.45) is 6.71. The molecule has 12 N–H and O–H groups in total. The van der Waals surface area contributed by atoms with Gasteiger partial charge in [-0.05, 0) is 36.1 Å². The van der Waals surface area contributed by atoms with E-state index < -0.39 is 49.7 Å². The van der Waals surface area contributed by atoms with E-state index in [-0.39, 0.29) is 157 Å². The van der Waals surface area contributed by atoms with Crippen LogP contribution in [0.25, 0.3) is 0 Å². The van der Waals surface area contributed by atoms with Crippen LogP contribution in [0.15, 0.2) is 49.3 Å². The van der Waals surface area contributed by atoms with Crippen LogP contribution in [0.1, 0.15) is 43.2 Å². The summed E-state index contributed by atoms with van der Waals surface area (Å²) < 4.78 is 21.8. The predicted molar refractivity (Wildman–Crippen MR) is 208 cm³/mol. The molecule has 2 amide bonds. The van der Waals surface area contributed by atoms with Crippen LogP contribution >= 0.6 is 0 Å². The largest absolute Gasteiger partial charge is 1.00 e. The molecule has 4 aliphatic rings. The van der Waals surface area contributed by atoms with Gasteiger partial charge in [-0.2, -0.15) is 0 Å². The summed E-state index contributed by atoms with van der Waals surface area (Å²) in [6.45, 7) is -5.17. The Morgan fingerprint density at radius 2 is 1.06 bits per heavy atom. The fourth-order valence-corrected chi connectivity index (χ4v) is 7.31. The van der Waals surface area contributed by atoms with E-state index in [1.807, 2.05) is 0 Å². The SMILES string of the molecule is NC(Cc1c[nH]cn1)C(=O)N1CC(Oc2ccc3c(c2C(=O)O)O[B-](O)(O)CC3)C1.NC(Cc1c[nH]cn1)C(=O)N1CC(Oc2ccc3c(c2C(=O)O)O[B-](O)(O)CC3)C1.[Na+].[Na+]. The Kier molecular flexibility index (Phi) is 15.9. The van der Waals surface area contributed by atoms with Gasteiger partial charge < -0.3 is 80.3 Å². The molecule has 2 unspecified atom stereocenters. The second kappa shape index (κ2) is 20.1. The quantitative estimate of drug-likeness (QED) is 0.0591. The molecule has 0 aliphatic carbocycles. The minimum absolute atomic E-state index is 0. The summed E-state index contributed by atoms with van der Waals surface area (Å²) in [5.41, 5.74) is 13.9. The minimum atomic E-state index is -3.11. The van der Waals surface area contributed by atoms with Crippen LogP contribution in [0.5, 0.6) is 23.0 Å². The molecular weight excluding hydrogens is 836 g/mol. The summed E-state index contributed by atoms with van der Waals surface area (Å²) in [5, 5.41) is 58.4. The Morgan fingerprint density at radius 1 is 0.694 bits per heavy atom. The predicted octanol–water partition coefficient (Wildman–Crippen LogP) is -7.74. The zero-order chi connectivity index (χ0) is 42.9. The van der Waals surface area contributed by atoms with Crippen molar-refractivity contribution in [3.63, 3.8) is 0 Å². The van der Waals surface area contributed by atoms with E-state index in [0.717, 1.165) is 0 Å². The number of aromatic carboxylic acids is 2. The molecular formula is C36H44B2N8Na2O14. The van der Waals surface area contributed by atoms with Crippen molar-refractivity contribution in [3.05, 3.63) is 83.0 Å². The number of amides is 2. The molecule has 4 aromatic rings. The van der Waals surface area contributed by atoms with Crippen molar-refractivity contribution in [3.8, 4) is 23.0 Å². The van der Waals surface area contributed by atoms with Gasteiger partial charge in [0.05, 0.1) is 73.8 Å². The molecule has 8 rings (SSSR count). The van der Waals surface area contributed by atoms with Crippen LogP contribution in [0, 0.1) is 0 Å². The fraction of sp³-hybridized carbons (Fsp3) is 0.389. The van der Waals surface area contributed by atoms with Crippen molar-refractivity contribution in [1.29, 1.82) is 0 Å². The van der Waals surface area contributed by atoms with E-state index in [1.54, 1.807) is 24.5 Å². The molecule has 2 atom stereocenters. The number of nitrogens with two attached hydrogens (primary N) is 2. The average molecular weight is 880 g/mol. The van der Waals surface area contributed by atoms with Crippen LogP contribution in [0.2, 0.25) is 12.6 Å². The van der Waals surface area contributed by atoms with E-state index in [9.17, 15) is 49.5 Å². The van der Waals surface area contributed by atoms with Gasteiger partial charge in [0.1, 0.15) is 34.8 Å². The Balaban J connectivity index is 0.000000227. The van der Waals surface area contributed by atoms with Gasteiger partial charge in [0.25, 0.3) is 0 Å². The van der Waals surface area contributed by atoms with E-state index in [4.69, 9.17) is 30.2 Å². The second-order valence-corrected chi connectivity index (χ2v) is 15.2. The number of carboxylic acids is 2. The van der Waals surface area contributed by atoms with Gasteiger partial charge in [-0.3, -0.25) is 9.59 Å². The van der Waals surface area contributed by atoms with E-state index in [1.165, 1.54) is 34.6 Å². The zero-order valence-electron chi connectivity index (χ0n) is 34.0. The Bertz CT molecular complexity index is 2090. The number of carbonyl (C=O) groups is 4. The number of benzene rings is 2. The van der Waals surface area contributed by atoms with Crippen molar-refractivity contribution in [2.75, 3.05) is 26.2 Å². The van der Waals surface area contributed by atoms with Gasteiger partial charge in [0.15, 0.2) is 0 Å². The minimum Gasteiger partial charge on any atom is -0.669 e. The normalized spacial score (nSPS) is 18.1. The number of fused-ring (bicyclic) bond motifs is 2. The molecule has 0 saturated carbocycles. The van der Waals surface area contributed by atoms with Crippen molar-refractivity contribution < 1.29 is 127 Å². The number of hydrogen-bond donors (Lipinski definition) is 10. The van der Waals surface area contributed by atoms with Gasteiger partial charge in [-0.1, -0.05) is 24.8 Å². The van der Waals surface area contributed by atoms with Crippen molar-refractivity contribution in [2.24, 2.45) is 11.5 Å². The number of aromatic nitrogens is 4. The number of imidazole rings is 2. The van der Waals surface area contributed by atoms with Crippen LogP contribution in [-0.2, 0) is 35.3 Å². The third kappa shape index (κ3) is 11.3. The molecule has 2 aromatic heterocycles. The number of carbonyl (C=O) groups excluding carboxylic acids is 2. The Labute approximate surface area is 397 Å². The van der Waals surface area contributed by atoms with Gasteiger partial charge in [0.2, 0.25) is 11.8 Å². The molecule has 26 heteroatoms. The fourth-order valence-electron chi connectivity index (χ4n) is 7.31. The van der Waals surface area contributed by atoms with Crippen molar-refractivity contribution in [1.82, 2.24) is 29.7 Å². The van der Waals surface area contributed by atoms with Crippen LogP contribution in [0.4, 0.5) is 0 Å². The molecule has 6 heterocycles. The summed E-state index contributed by atoms with van der Waals surface area (Å²) in [6, 6.07) is 4.87. The number of aryl methyl sites for hydroxylation is 2. The standard InChI is InChI=1S/2C18H22BN4O7.2Na/c2*20-13(5-11-6-21-9-22-11)17(24)23-7-12(8-23)29-14-2-1-10-3-4-19(27,28)30-16(10)15(14)18(25)26;;/h2*1-2,6,9,12-13,27-28H,3-5,7-8,20H2,(H,21,22)(H,25,26);;/q2*-1;2*+1. The first-order valence-corrected chi connectivity index (χ1v) is 19.2. The maximum absolute atomic E-state index is 12.4. The number of nitrogens with one attached hydrogen (secondary N) is 2. The molecule has 62 heavy (non-hydrogen) atoms. The maximum Gasteiger partial charge on any atom is 1.00 e. The number of nitrogens with zero attached hydrogens (tertiary/aromatic N) is 4. The Hall–Kier alpha value is -4.17. The van der Waals surface area contributed by atoms with Gasteiger partial charge in [-0.15, -0.1) is 0 Å². The first kappa shape index (κ1) is 48.9. The third-order valence-corrected chi connectivity index (χ3v) is 10.5. The molecule has 320 valence electrons. The molecule has 0 bridgehead atoms. The van der Waals surface area contributed by atoms with Gasteiger partial charge in [-0.25, -0.2) is 19.6 Å². The molecule has 0 radical (unpaired) electrons. The summed E-state index contributed by atoms with van der Waals surface area (Å²) >= 11 is 0. The maximum atomic E-state index is 12.4. The zero-order valence-corrected chi connectivity index (χ0v) is 38.0. The summed E-state index contributed by atoms with van der Waals surface area (Å²) in [7, 11) is 0. The first-order chi connectivity index (χ1) is 28.5.